The molecule has 1 aromatic carbocycles. The maximum atomic E-state index is 13.1. The average molecular weight is 279 g/mol. The average Bonchev–Trinajstić information content (AvgIpc) is 2.35. The summed E-state index contributed by atoms with van der Waals surface area (Å²) < 4.78 is 68.0. The molecule has 0 saturated heterocycles. The van der Waals surface area contributed by atoms with E-state index in [1.165, 1.54) is 0 Å². The number of hydrogen-bond acceptors (Lipinski definition) is 2. The second-order valence-electron chi connectivity index (χ2n) is 3.83. The zero-order valence-electron chi connectivity index (χ0n) is 9.84. The number of nitrogens with zero attached hydrogens (tertiary/aromatic N) is 1. The van der Waals surface area contributed by atoms with Gasteiger partial charge in [-0.05, 0) is 18.2 Å². The fraction of sp³-hybridized carbons (Fsp3) is 0.417. The third kappa shape index (κ3) is 3.64. The molecule has 1 aromatic rings. The smallest absolute Gasteiger partial charge is 0.310 e. The van der Waals surface area contributed by atoms with E-state index in [2.05, 4.69) is 4.74 Å². The van der Waals surface area contributed by atoms with Gasteiger partial charge in [0.15, 0.2) is 0 Å². The Bertz CT molecular complexity index is 483. The fourth-order valence-electron chi connectivity index (χ4n) is 1.56. The quantitative estimate of drug-likeness (QED) is 0.770. The van der Waals surface area contributed by atoms with Gasteiger partial charge in [0.2, 0.25) is 0 Å². The maximum absolute atomic E-state index is 13.1. The number of benzene rings is 1. The van der Waals surface area contributed by atoms with Crippen LogP contribution in [0, 0.1) is 17.1 Å². The Morgan fingerprint density at radius 3 is 2.47 bits per heavy atom. The van der Waals surface area contributed by atoms with E-state index >= 15 is 0 Å². The van der Waals surface area contributed by atoms with Crippen LogP contribution in [0.5, 0.6) is 0 Å². The maximum Gasteiger partial charge on any atom is 0.310 e. The lowest BCUT2D eigenvalue weighted by Crippen LogP contribution is -2.29. The Labute approximate surface area is 106 Å². The summed E-state index contributed by atoms with van der Waals surface area (Å²) in [6, 6.07) is 4.55. The van der Waals surface area contributed by atoms with Crippen LogP contribution in [0.15, 0.2) is 18.2 Å². The van der Waals surface area contributed by atoms with Crippen LogP contribution in [-0.2, 0) is 4.74 Å². The third-order valence-electron chi connectivity index (χ3n) is 2.54. The molecule has 0 aliphatic rings. The van der Waals surface area contributed by atoms with Gasteiger partial charge >= 0.3 is 12.3 Å². The van der Waals surface area contributed by atoms with Crippen molar-refractivity contribution in [1.82, 2.24) is 0 Å². The minimum atomic E-state index is -4.28. The van der Waals surface area contributed by atoms with Crippen LogP contribution in [0.25, 0.3) is 0 Å². The van der Waals surface area contributed by atoms with Crippen LogP contribution in [0.4, 0.5) is 22.0 Å². The molecule has 0 aliphatic carbocycles. The number of rotatable bonds is 5. The van der Waals surface area contributed by atoms with Crippen molar-refractivity contribution in [1.29, 1.82) is 5.26 Å². The lowest BCUT2D eigenvalue weighted by atomic mass is 9.98. The molecular weight excluding hydrogens is 269 g/mol. The standard InChI is InChI=1S/C12H10F5NO/c1-19-10(5-12(16,17)11(14)15)9-4-8(13)3-2-7(9)6-18/h2-4,10-11H,5H2,1H3. The molecule has 0 heterocycles. The van der Waals surface area contributed by atoms with E-state index in [1.807, 2.05) is 0 Å². The molecule has 104 valence electrons. The summed E-state index contributed by atoms with van der Waals surface area (Å²) in [4.78, 5) is 0. The van der Waals surface area contributed by atoms with Gasteiger partial charge < -0.3 is 4.74 Å². The first-order chi connectivity index (χ1) is 8.81. The molecule has 1 rings (SSSR count). The number of alkyl halides is 4. The molecule has 0 bridgehead atoms. The van der Waals surface area contributed by atoms with Crippen molar-refractivity contribution in [3.8, 4) is 6.07 Å². The van der Waals surface area contributed by atoms with Crippen LogP contribution in [0.1, 0.15) is 23.7 Å². The molecule has 0 saturated carbocycles. The van der Waals surface area contributed by atoms with Gasteiger partial charge in [0.05, 0.1) is 17.7 Å². The zero-order chi connectivity index (χ0) is 14.6. The molecule has 0 fully saturated rings. The van der Waals surface area contributed by atoms with Gasteiger partial charge in [0, 0.05) is 19.1 Å². The summed E-state index contributed by atoms with van der Waals surface area (Å²) >= 11 is 0. The molecule has 0 aliphatic heterocycles. The van der Waals surface area contributed by atoms with Crippen LogP contribution in [-0.4, -0.2) is 19.5 Å². The van der Waals surface area contributed by atoms with Gasteiger partial charge in [-0.15, -0.1) is 0 Å². The molecule has 19 heavy (non-hydrogen) atoms. The van der Waals surface area contributed by atoms with E-state index in [0.29, 0.717) is 0 Å². The van der Waals surface area contributed by atoms with Crippen LogP contribution in [0.3, 0.4) is 0 Å². The largest absolute Gasteiger partial charge is 0.376 e. The lowest BCUT2D eigenvalue weighted by Gasteiger charge is -2.22. The van der Waals surface area contributed by atoms with Crippen molar-refractivity contribution >= 4 is 0 Å². The van der Waals surface area contributed by atoms with Gasteiger partial charge in [0.1, 0.15) is 5.82 Å². The third-order valence-corrected chi connectivity index (χ3v) is 2.54. The van der Waals surface area contributed by atoms with Crippen LogP contribution in [0.2, 0.25) is 0 Å². The van der Waals surface area contributed by atoms with E-state index in [4.69, 9.17) is 5.26 Å². The number of halogens is 5. The predicted octanol–water partition coefficient (Wildman–Crippen LogP) is 3.68. The Kier molecular flexibility index (Phi) is 4.84. The van der Waals surface area contributed by atoms with Gasteiger partial charge in [-0.1, -0.05) is 0 Å². The molecule has 0 radical (unpaired) electrons. The molecule has 0 amide bonds. The molecule has 0 N–H and O–H groups in total. The number of nitriles is 1. The van der Waals surface area contributed by atoms with E-state index in [9.17, 15) is 22.0 Å². The predicted molar refractivity (Wildman–Crippen MR) is 56.4 cm³/mol. The summed E-state index contributed by atoms with van der Waals surface area (Å²) in [5.41, 5.74) is -0.274. The SMILES string of the molecule is COC(CC(F)(F)C(F)F)c1cc(F)ccc1C#N. The normalized spacial score (nSPS) is 13.4. The van der Waals surface area contributed by atoms with Crippen LogP contribution < -0.4 is 0 Å². The van der Waals surface area contributed by atoms with Crippen LogP contribution >= 0.6 is 0 Å². The van der Waals surface area contributed by atoms with E-state index in [0.717, 1.165) is 25.3 Å². The first-order valence-electron chi connectivity index (χ1n) is 5.20. The van der Waals surface area contributed by atoms with E-state index < -0.39 is 30.7 Å². The molecular formula is C12H10F5NO. The molecule has 7 heteroatoms. The van der Waals surface area contributed by atoms with Gasteiger partial charge in [-0.2, -0.15) is 5.26 Å². The Morgan fingerprint density at radius 1 is 1.37 bits per heavy atom. The number of methoxy groups -OCH3 is 1. The summed E-state index contributed by atoms with van der Waals surface area (Å²) in [7, 11) is 1.03. The molecule has 1 unspecified atom stereocenters. The van der Waals surface area contributed by atoms with Crippen molar-refractivity contribution in [2.45, 2.75) is 24.9 Å². The van der Waals surface area contributed by atoms with Crippen molar-refractivity contribution in [3.05, 3.63) is 35.1 Å². The van der Waals surface area contributed by atoms with E-state index in [-0.39, 0.29) is 11.1 Å². The molecule has 0 spiro atoms. The van der Waals surface area contributed by atoms with Crippen molar-refractivity contribution in [2.24, 2.45) is 0 Å². The molecule has 0 aromatic heterocycles. The molecule has 2 nitrogen and oxygen atoms in total. The highest BCUT2D eigenvalue weighted by atomic mass is 19.3. The zero-order valence-corrected chi connectivity index (χ0v) is 9.84. The Morgan fingerprint density at radius 2 is 2.00 bits per heavy atom. The molecule has 1 atom stereocenters. The second kappa shape index (κ2) is 5.97. The second-order valence-corrected chi connectivity index (χ2v) is 3.83. The summed E-state index contributed by atoms with van der Waals surface area (Å²) in [5, 5.41) is 8.80. The van der Waals surface area contributed by atoms with E-state index in [1.54, 1.807) is 6.07 Å². The topological polar surface area (TPSA) is 33.0 Å². The Hall–Kier alpha value is -1.68. The summed E-state index contributed by atoms with van der Waals surface area (Å²) in [5.74, 6) is -5.05. The van der Waals surface area contributed by atoms with Crippen molar-refractivity contribution < 1.29 is 26.7 Å². The highest BCUT2D eigenvalue weighted by Crippen LogP contribution is 2.36. The summed E-state index contributed by atoms with van der Waals surface area (Å²) in [6.45, 7) is 0. The van der Waals surface area contributed by atoms with Crippen molar-refractivity contribution in [2.75, 3.05) is 7.11 Å². The number of hydrogen-bond donors (Lipinski definition) is 0. The first-order valence-corrected chi connectivity index (χ1v) is 5.20. The summed E-state index contributed by atoms with van der Waals surface area (Å²) in [6.07, 6.45) is -6.68. The van der Waals surface area contributed by atoms with Gasteiger partial charge in [-0.3, -0.25) is 0 Å². The highest BCUT2D eigenvalue weighted by Gasteiger charge is 2.43. The number of ether oxygens (including phenoxy) is 1. The lowest BCUT2D eigenvalue weighted by molar-refractivity contribution is -0.152. The first kappa shape index (κ1) is 15.4. The minimum Gasteiger partial charge on any atom is -0.376 e. The highest BCUT2D eigenvalue weighted by molar-refractivity contribution is 5.39. The Balaban J connectivity index is 3.11. The minimum absolute atomic E-state index is 0.0988. The van der Waals surface area contributed by atoms with Crippen molar-refractivity contribution in [3.63, 3.8) is 0 Å². The monoisotopic (exact) mass is 279 g/mol. The fourth-order valence-corrected chi connectivity index (χ4v) is 1.56. The van der Waals surface area contributed by atoms with Gasteiger partial charge in [-0.25, -0.2) is 22.0 Å². The van der Waals surface area contributed by atoms with Gasteiger partial charge in [0.25, 0.3) is 0 Å².